The van der Waals surface area contributed by atoms with Gasteiger partial charge in [0.05, 0.1) is 10.6 Å². The van der Waals surface area contributed by atoms with Crippen LogP contribution in [0.4, 0.5) is 15.8 Å². The molecule has 1 aromatic heterocycles. The molecule has 7 heteroatoms. The molecule has 3 heterocycles. The Morgan fingerprint density at radius 1 is 1.16 bits per heavy atom. The predicted octanol–water partition coefficient (Wildman–Crippen LogP) is 4.56. The first-order chi connectivity index (χ1) is 15.5. The minimum absolute atomic E-state index is 0.209. The fraction of sp³-hybridized carbons (Fsp3) is 0.280. The molecule has 5 nitrogen and oxygen atoms in total. The zero-order chi connectivity index (χ0) is 22.7. The van der Waals surface area contributed by atoms with Crippen LogP contribution in [0.2, 0.25) is 0 Å². The third kappa shape index (κ3) is 4.64. The third-order valence-corrected chi connectivity index (χ3v) is 6.68. The van der Waals surface area contributed by atoms with E-state index < -0.39 is 0 Å². The summed E-state index contributed by atoms with van der Waals surface area (Å²) in [7, 11) is 2.03. The Balaban J connectivity index is 0.000000158. The maximum atomic E-state index is 13.4. The summed E-state index contributed by atoms with van der Waals surface area (Å²) in [6, 6.07) is 18.1. The van der Waals surface area contributed by atoms with E-state index in [9.17, 15) is 9.18 Å². The largest absolute Gasteiger partial charge is 0.371 e. The van der Waals surface area contributed by atoms with E-state index in [-0.39, 0.29) is 11.7 Å². The molecular formula is C25H27FN4OS. The number of likely N-dealkylation sites (N-methyl/N-ethyl adjacent to an activating group) is 1. The van der Waals surface area contributed by atoms with E-state index in [4.69, 9.17) is 5.14 Å². The molecule has 0 bridgehead atoms. The van der Waals surface area contributed by atoms with Crippen LogP contribution in [0, 0.1) is 11.7 Å². The van der Waals surface area contributed by atoms with Gasteiger partial charge in [-0.2, -0.15) is 0 Å². The van der Waals surface area contributed by atoms with Crippen molar-refractivity contribution in [1.29, 1.82) is 0 Å². The van der Waals surface area contributed by atoms with Gasteiger partial charge in [0.2, 0.25) is 0 Å². The zero-order valence-electron chi connectivity index (χ0n) is 18.2. The summed E-state index contributed by atoms with van der Waals surface area (Å²) in [4.78, 5) is 19.8. The van der Waals surface area contributed by atoms with Crippen molar-refractivity contribution in [2.75, 3.05) is 29.9 Å². The van der Waals surface area contributed by atoms with Crippen molar-refractivity contribution in [2.24, 2.45) is 11.1 Å². The van der Waals surface area contributed by atoms with Crippen LogP contribution in [0.25, 0.3) is 11.3 Å². The number of aromatic nitrogens is 1. The maximum absolute atomic E-state index is 13.4. The Bertz CT molecular complexity index is 1070. The molecule has 0 radical (unpaired) electrons. The molecule has 1 atom stereocenters. The SMILES string of the molecule is CC1Cc2cc(F)c(SN)cc2N1C.O=CC1CN(c2ccc(-c3ccccn3)cc2)C1. The van der Waals surface area contributed by atoms with Crippen molar-refractivity contribution >= 4 is 29.6 Å². The fourth-order valence-corrected chi connectivity index (χ4v) is 4.40. The molecule has 1 unspecified atom stereocenters. The highest BCUT2D eigenvalue weighted by atomic mass is 32.2. The molecule has 2 aromatic carbocycles. The second-order valence-corrected chi connectivity index (χ2v) is 8.93. The smallest absolute Gasteiger partial charge is 0.138 e. The number of carbonyl (C=O) groups excluding carboxylic acids is 1. The quantitative estimate of drug-likeness (QED) is 0.465. The Kier molecular flexibility index (Phi) is 6.77. The van der Waals surface area contributed by atoms with E-state index in [1.807, 2.05) is 31.3 Å². The number of rotatable bonds is 4. The zero-order valence-corrected chi connectivity index (χ0v) is 19.1. The molecule has 3 aromatic rings. The van der Waals surface area contributed by atoms with Gasteiger partial charge in [0, 0.05) is 55.2 Å². The first-order valence-electron chi connectivity index (χ1n) is 10.6. The first kappa shape index (κ1) is 22.3. The highest BCUT2D eigenvalue weighted by molar-refractivity contribution is 7.97. The van der Waals surface area contributed by atoms with Gasteiger partial charge in [-0.3, -0.25) is 10.1 Å². The summed E-state index contributed by atoms with van der Waals surface area (Å²) >= 11 is 0.963. The number of nitrogens with zero attached hydrogens (tertiary/aromatic N) is 3. The Hall–Kier alpha value is -2.90. The van der Waals surface area contributed by atoms with Crippen molar-refractivity contribution in [3.63, 3.8) is 0 Å². The van der Waals surface area contributed by atoms with Gasteiger partial charge in [0.25, 0.3) is 0 Å². The maximum Gasteiger partial charge on any atom is 0.138 e. The first-order valence-corrected chi connectivity index (χ1v) is 11.5. The summed E-state index contributed by atoms with van der Waals surface area (Å²) in [6.45, 7) is 3.81. The van der Waals surface area contributed by atoms with Crippen LogP contribution in [0.15, 0.2) is 65.7 Å². The van der Waals surface area contributed by atoms with Crippen LogP contribution in [0.3, 0.4) is 0 Å². The van der Waals surface area contributed by atoms with Gasteiger partial charge >= 0.3 is 0 Å². The molecular weight excluding hydrogens is 423 g/mol. The topological polar surface area (TPSA) is 62.5 Å². The van der Waals surface area contributed by atoms with Gasteiger partial charge in [0.15, 0.2) is 0 Å². The molecule has 0 saturated carbocycles. The summed E-state index contributed by atoms with van der Waals surface area (Å²) in [6.07, 6.45) is 3.75. The van der Waals surface area contributed by atoms with Crippen LogP contribution in [0.1, 0.15) is 12.5 Å². The lowest BCUT2D eigenvalue weighted by molar-refractivity contribution is -0.111. The van der Waals surface area contributed by atoms with Crippen molar-refractivity contribution in [3.05, 3.63) is 72.2 Å². The number of fused-ring (bicyclic) bond motifs is 1. The van der Waals surface area contributed by atoms with Crippen LogP contribution >= 0.6 is 11.9 Å². The average Bonchev–Trinajstić information content (AvgIpc) is 3.06. The standard InChI is InChI=1S/C15H14N2O.C10H13FN2S/c18-11-12-9-17(10-12)14-6-4-13(5-7-14)15-3-1-2-8-16-15;1-6-3-7-4-8(11)10(14-12)5-9(7)13(6)2/h1-8,11-12H,9-10H2;4-6H,3,12H2,1-2H3. The van der Waals surface area contributed by atoms with Crippen LogP contribution < -0.4 is 14.9 Å². The molecule has 2 N–H and O–H groups in total. The van der Waals surface area contributed by atoms with Crippen LogP contribution in [-0.4, -0.2) is 37.4 Å². The lowest BCUT2D eigenvalue weighted by Crippen LogP contribution is -2.47. The van der Waals surface area contributed by atoms with Crippen molar-refractivity contribution in [1.82, 2.24) is 4.98 Å². The molecule has 0 spiro atoms. The van der Waals surface area contributed by atoms with E-state index in [2.05, 4.69) is 46.0 Å². The highest BCUT2D eigenvalue weighted by Crippen LogP contribution is 2.35. The van der Waals surface area contributed by atoms with E-state index in [1.54, 1.807) is 12.3 Å². The van der Waals surface area contributed by atoms with Crippen molar-refractivity contribution in [2.45, 2.75) is 24.3 Å². The number of pyridine rings is 1. The van der Waals surface area contributed by atoms with Gasteiger partial charge < -0.3 is 14.6 Å². The molecule has 32 heavy (non-hydrogen) atoms. The predicted molar refractivity (Wildman–Crippen MR) is 129 cm³/mol. The molecule has 2 aliphatic rings. The summed E-state index contributed by atoms with van der Waals surface area (Å²) in [5.41, 5.74) is 5.46. The normalized spacial score (nSPS) is 17.3. The minimum atomic E-state index is -0.209. The van der Waals surface area contributed by atoms with Gasteiger partial charge in [-0.15, -0.1) is 0 Å². The molecule has 1 saturated heterocycles. The molecule has 2 aliphatic heterocycles. The van der Waals surface area contributed by atoms with E-state index in [0.29, 0.717) is 10.9 Å². The second-order valence-electron chi connectivity index (χ2n) is 8.26. The lowest BCUT2D eigenvalue weighted by atomic mass is 10.0. The second kappa shape index (κ2) is 9.71. The number of hydrogen-bond acceptors (Lipinski definition) is 6. The molecule has 1 fully saturated rings. The summed E-state index contributed by atoms with van der Waals surface area (Å²) in [5, 5.41) is 5.38. The Labute approximate surface area is 192 Å². The lowest BCUT2D eigenvalue weighted by Gasteiger charge is -2.38. The Morgan fingerprint density at radius 3 is 2.53 bits per heavy atom. The number of anilines is 2. The third-order valence-electron chi connectivity index (χ3n) is 6.11. The number of benzene rings is 2. The summed E-state index contributed by atoms with van der Waals surface area (Å²) < 4.78 is 13.4. The van der Waals surface area contributed by atoms with E-state index >= 15 is 0 Å². The molecule has 0 amide bonds. The van der Waals surface area contributed by atoms with Crippen molar-refractivity contribution in [3.8, 4) is 11.3 Å². The van der Waals surface area contributed by atoms with Crippen LogP contribution in [0.5, 0.6) is 0 Å². The average molecular weight is 451 g/mol. The molecule has 5 rings (SSSR count). The summed E-state index contributed by atoms with van der Waals surface area (Å²) in [5.74, 6) is -0.000725. The van der Waals surface area contributed by atoms with E-state index in [0.717, 1.165) is 60.3 Å². The van der Waals surface area contributed by atoms with E-state index in [1.165, 1.54) is 5.69 Å². The van der Waals surface area contributed by atoms with Crippen molar-refractivity contribution < 1.29 is 9.18 Å². The Morgan fingerprint density at radius 2 is 1.91 bits per heavy atom. The minimum Gasteiger partial charge on any atom is -0.371 e. The van der Waals surface area contributed by atoms with Gasteiger partial charge in [-0.05, 0) is 67.3 Å². The molecule has 166 valence electrons. The van der Waals surface area contributed by atoms with Crippen LogP contribution in [-0.2, 0) is 11.2 Å². The number of carbonyl (C=O) groups is 1. The number of nitrogens with two attached hydrogens (primary N) is 1. The van der Waals surface area contributed by atoms with Gasteiger partial charge in [-0.1, -0.05) is 18.2 Å². The highest BCUT2D eigenvalue weighted by Gasteiger charge is 2.26. The number of halogens is 1. The van der Waals surface area contributed by atoms with Gasteiger partial charge in [0.1, 0.15) is 12.1 Å². The number of aldehydes is 1. The molecule has 0 aliphatic carbocycles. The number of hydrogen-bond donors (Lipinski definition) is 1. The monoisotopic (exact) mass is 450 g/mol. The van der Waals surface area contributed by atoms with Gasteiger partial charge in [-0.25, -0.2) is 4.39 Å². The fourth-order valence-electron chi connectivity index (χ4n) is 4.04.